The zero-order chi connectivity index (χ0) is 21.5. The summed E-state index contributed by atoms with van der Waals surface area (Å²) in [7, 11) is 1.45. The average molecular weight is 418 g/mol. The van der Waals surface area contributed by atoms with Crippen LogP contribution in [-0.4, -0.2) is 64.6 Å². The van der Waals surface area contributed by atoms with Gasteiger partial charge in [0.2, 0.25) is 0 Å². The Kier molecular flexibility index (Phi) is 7.34. The SMILES string of the molecule is Cn1c(=O)cnn(CCCCN2CCN(c3cccc(NC(=O)CF)c3)CC2)c1=O. The molecule has 1 amide bonds. The molecule has 2 heterocycles. The number of hydrogen-bond donors (Lipinski definition) is 1. The van der Waals surface area contributed by atoms with Crippen molar-refractivity contribution >= 4 is 17.3 Å². The van der Waals surface area contributed by atoms with E-state index in [1.54, 1.807) is 6.07 Å². The molecule has 10 heteroatoms. The molecule has 3 rings (SSSR count). The Hall–Kier alpha value is -3.01. The number of anilines is 2. The molecule has 1 N–H and O–H groups in total. The maximum absolute atomic E-state index is 12.4. The van der Waals surface area contributed by atoms with E-state index < -0.39 is 18.1 Å². The summed E-state index contributed by atoms with van der Waals surface area (Å²) < 4.78 is 14.8. The first-order valence-corrected chi connectivity index (χ1v) is 10.0. The third-order valence-corrected chi connectivity index (χ3v) is 5.23. The number of aryl methyl sites for hydroxylation is 1. The predicted molar refractivity (Wildman–Crippen MR) is 113 cm³/mol. The Labute approximate surface area is 173 Å². The third-order valence-electron chi connectivity index (χ3n) is 5.23. The highest BCUT2D eigenvalue weighted by atomic mass is 19.1. The van der Waals surface area contributed by atoms with Crippen LogP contribution in [0.2, 0.25) is 0 Å². The van der Waals surface area contributed by atoms with Gasteiger partial charge >= 0.3 is 5.69 Å². The number of hydrogen-bond acceptors (Lipinski definition) is 6. The van der Waals surface area contributed by atoms with Crippen molar-refractivity contribution in [3.8, 4) is 0 Å². The van der Waals surface area contributed by atoms with Gasteiger partial charge in [-0.2, -0.15) is 5.10 Å². The highest BCUT2D eigenvalue weighted by Gasteiger charge is 2.17. The molecule has 9 nitrogen and oxygen atoms in total. The molecule has 0 unspecified atom stereocenters. The van der Waals surface area contributed by atoms with Crippen LogP contribution in [0.3, 0.4) is 0 Å². The molecule has 2 aromatic rings. The van der Waals surface area contributed by atoms with Crippen LogP contribution >= 0.6 is 0 Å². The second-order valence-electron chi connectivity index (χ2n) is 7.32. The van der Waals surface area contributed by atoms with Crippen LogP contribution in [0, 0.1) is 0 Å². The van der Waals surface area contributed by atoms with Crippen LogP contribution in [0.25, 0.3) is 0 Å². The zero-order valence-corrected chi connectivity index (χ0v) is 17.1. The van der Waals surface area contributed by atoms with Crippen molar-refractivity contribution in [3.63, 3.8) is 0 Å². The summed E-state index contributed by atoms with van der Waals surface area (Å²) in [6.07, 6.45) is 2.90. The largest absolute Gasteiger partial charge is 0.369 e. The quantitative estimate of drug-likeness (QED) is 0.626. The van der Waals surface area contributed by atoms with Gasteiger partial charge in [-0.1, -0.05) is 6.07 Å². The minimum atomic E-state index is -1.03. The van der Waals surface area contributed by atoms with E-state index in [1.807, 2.05) is 18.2 Å². The van der Waals surface area contributed by atoms with E-state index in [0.29, 0.717) is 12.2 Å². The van der Waals surface area contributed by atoms with Gasteiger partial charge in [-0.05, 0) is 37.6 Å². The lowest BCUT2D eigenvalue weighted by Gasteiger charge is -2.36. The van der Waals surface area contributed by atoms with Crippen LogP contribution in [0.4, 0.5) is 15.8 Å². The van der Waals surface area contributed by atoms with E-state index >= 15 is 0 Å². The minimum absolute atomic E-state index is 0.388. The Balaban J connectivity index is 1.42. The van der Waals surface area contributed by atoms with E-state index in [1.165, 1.54) is 17.9 Å². The first-order chi connectivity index (χ1) is 14.5. The number of carbonyl (C=O) groups excluding carboxylic acids is 1. The molecule has 0 atom stereocenters. The summed E-state index contributed by atoms with van der Waals surface area (Å²) in [5, 5.41) is 6.44. The second-order valence-corrected chi connectivity index (χ2v) is 7.32. The zero-order valence-electron chi connectivity index (χ0n) is 17.1. The lowest BCUT2D eigenvalue weighted by molar-refractivity contribution is -0.117. The number of nitrogens with zero attached hydrogens (tertiary/aromatic N) is 5. The van der Waals surface area contributed by atoms with Crippen molar-refractivity contribution in [1.82, 2.24) is 19.2 Å². The van der Waals surface area contributed by atoms with Gasteiger partial charge in [0.05, 0.1) is 0 Å². The van der Waals surface area contributed by atoms with Crippen LogP contribution in [0.1, 0.15) is 12.8 Å². The average Bonchev–Trinajstić information content (AvgIpc) is 2.77. The van der Waals surface area contributed by atoms with Gasteiger partial charge < -0.3 is 10.2 Å². The van der Waals surface area contributed by atoms with Gasteiger partial charge in [0.25, 0.3) is 11.5 Å². The first-order valence-electron chi connectivity index (χ1n) is 10.0. The number of benzene rings is 1. The number of nitrogens with one attached hydrogen (secondary N) is 1. The summed E-state index contributed by atoms with van der Waals surface area (Å²) in [5.74, 6) is -0.646. The molecule has 0 radical (unpaired) electrons. The number of rotatable bonds is 8. The number of halogens is 1. The molecule has 1 aromatic heterocycles. The van der Waals surface area contributed by atoms with Crippen molar-refractivity contribution in [2.75, 3.05) is 49.6 Å². The normalized spacial score (nSPS) is 14.7. The number of unbranched alkanes of at least 4 members (excludes halogenated alkanes) is 1. The van der Waals surface area contributed by atoms with Crippen LogP contribution in [-0.2, 0) is 18.4 Å². The molecule has 0 aliphatic carbocycles. The summed E-state index contributed by atoms with van der Waals surface area (Å²) in [6, 6.07) is 7.45. The molecule has 0 spiro atoms. The number of carbonyl (C=O) groups is 1. The van der Waals surface area contributed by atoms with E-state index in [2.05, 4.69) is 20.2 Å². The van der Waals surface area contributed by atoms with Crippen LogP contribution in [0.5, 0.6) is 0 Å². The lowest BCUT2D eigenvalue weighted by Crippen LogP contribution is -2.46. The predicted octanol–water partition coefficient (Wildman–Crippen LogP) is 0.452. The Morgan fingerprint density at radius 2 is 1.87 bits per heavy atom. The van der Waals surface area contributed by atoms with Gasteiger partial charge in [-0.25, -0.2) is 13.9 Å². The molecule has 30 heavy (non-hydrogen) atoms. The fraction of sp³-hybridized carbons (Fsp3) is 0.500. The minimum Gasteiger partial charge on any atom is -0.369 e. The van der Waals surface area contributed by atoms with Crippen molar-refractivity contribution in [2.45, 2.75) is 19.4 Å². The molecule has 162 valence electrons. The van der Waals surface area contributed by atoms with Crippen LogP contribution < -0.4 is 21.5 Å². The Morgan fingerprint density at radius 3 is 2.60 bits per heavy atom. The summed E-state index contributed by atoms with van der Waals surface area (Å²) in [6.45, 7) is 3.95. The van der Waals surface area contributed by atoms with E-state index in [9.17, 15) is 18.8 Å². The van der Waals surface area contributed by atoms with Crippen molar-refractivity contribution in [1.29, 1.82) is 0 Å². The smallest absolute Gasteiger partial charge is 0.347 e. The van der Waals surface area contributed by atoms with Gasteiger partial charge in [0, 0.05) is 51.1 Å². The summed E-state index contributed by atoms with van der Waals surface area (Å²) in [5.41, 5.74) is 0.816. The molecule has 1 aliphatic rings. The van der Waals surface area contributed by atoms with E-state index in [4.69, 9.17) is 0 Å². The van der Waals surface area contributed by atoms with Crippen LogP contribution in [0.15, 0.2) is 40.1 Å². The standard InChI is InChI=1S/C20H27FN6O3/c1-24-19(29)15-22-27(20(24)30)8-3-2-7-25-9-11-26(12-10-25)17-6-4-5-16(13-17)23-18(28)14-21/h4-6,13,15H,2-3,7-12,14H2,1H3,(H,23,28). The van der Waals surface area contributed by atoms with Gasteiger partial charge in [0.15, 0.2) is 6.67 Å². The number of piperazine rings is 1. The maximum atomic E-state index is 12.4. The highest BCUT2D eigenvalue weighted by Crippen LogP contribution is 2.21. The Morgan fingerprint density at radius 1 is 1.13 bits per heavy atom. The number of alkyl halides is 1. The Bertz CT molecular complexity index is 981. The molecule has 0 bridgehead atoms. The van der Waals surface area contributed by atoms with E-state index in [-0.39, 0.29) is 5.69 Å². The topological polar surface area (TPSA) is 92.5 Å². The molecule has 1 saturated heterocycles. The maximum Gasteiger partial charge on any atom is 0.347 e. The molecular weight excluding hydrogens is 391 g/mol. The molecule has 0 saturated carbocycles. The fourth-order valence-electron chi connectivity index (χ4n) is 3.48. The number of amides is 1. The van der Waals surface area contributed by atoms with Gasteiger partial charge in [-0.15, -0.1) is 0 Å². The lowest BCUT2D eigenvalue weighted by atomic mass is 10.2. The number of aromatic nitrogens is 3. The summed E-state index contributed by atoms with van der Waals surface area (Å²) in [4.78, 5) is 39.2. The molecular formula is C20H27FN6O3. The van der Waals surface area contributed by atoms with Crippen molar-refractivity contribution < 1.29 is 9.18 Å². The summed E-state index contributed by atoms with van der Waals surface area (Å²) >= 11 is 0. The van der Waals surface area contributed by atoms with Gasteiger partial charge in [0.1, 0.15) is 6.20 Å². The first kappa shape index (κ1) is 21.7. The molecule has 1 aromatic carbocycles. The van der Waals surface area contributed by atoms with E-state index in [0.717, 1.165) is 55.8 Å². The van der Waals surface area contributed by atoms with Gasteiger partial charge in [-0.3, -0.25) is 19.1 Å². The third kappa shape index (κ3) is 5.53. The monoisotopic (exact) mass is 418 g/mol. The molecule has 1 fully saturated rings. The molecule has 1 aliphatic heterocycles. The van der Waals surface area contributed by atoms with Crippen molar-refractivity contribution in [2.24, 2.45) is 7.05 Å². The van der Waals surface area contributed by atoms with Crippen molar-refractivity contribution in [3.05, 3.63) is 51.3 Å². The fourth-order valence-corrected chi connectivity index (χ4v) is 3.48. The highest BCUT2D eigenvalue weighted by molar-refractivity contribution is 5.92. The second kappa shape index (κ2) is 10.1.